The molecule has 0 saturated carbocycles. The number of nitrogens with zero attached hydrogens (tertiary/aromatic N) is 2. The molecule has 2 rings (SSSR count). The number of esters is 1. The topological polar surface area (TPSA) is 66.9 Å². The minimum absolute atomic E-state index is 0.316. The number of hydrogen-bond donors (Lipinski definition) is 0. The van der Waals surface area contributed by atoms with Gasteiger partial charge in [0.2, 0.25) is 0 Å². The Balaban J connectivity index is 2.60. The maximum absolute atomic E-state index is 12.3. The summed E-state index contributed by atoms with van der Waals surface area (Å²) in [6, 6.07) is 4.76. The monoisotopic (exact) mass is 284 g/mol. The zero-order valence-electron chi connectivity index (χ0n) is 11.1. The van der Waals surface area contributed by atoms with Gasteiger partial charge in [-0.3, -0.25) is 8.61 Å². The van der Waals surface area contributed by atoms with Gasteiger partial charge in [0.05, 0.1) is 24.0 Å². The fraction of sp³-hybridized carbons (Fsp3) is 0.417. The molecule has 0 radical (unpaired) electrons. The number of fused-ring (bicyclic) bond motifs is 1. The molecule has 0 N–H and O–H groups in total. The zero-order chi connectivity index (χ0) is 14.2. The summed E-state index contributed by atoms with van der Waals surface area (Å²) in [6.45, 7) is 4.19. The van der Waals surface area contributed by atoms with Crippen LogP contribution in [0.4, 0.5) is 11.4 Å². The van der Waals surface area contributed by atoms with Gasteiger partial charge in [0.1, 0.15) is 0 Å². The van der Waals surface area contributed by atoms with Gasteiger partial charge in [0.15, 0.2) is 0 Å². The summed E-state index contributed by atoms with van der Waals surface area (Å²) in [6.07, 6.45) is 0. The van der Waals surface area contributed by atoms with E-state index in [0.29, 0.717) is 30.0 Å². The highest BCUT2D eigenvalue weighted by atomic mass is 32.2. The summed E-state index contributed by atoms with van der Waals surface area (Å²) in [5, 5.41) is 0. The van der Waals surface area contributed by atoms with Crippen LogP contribution in [0.15, 0.2) is 18.2 Å². The van der Waals surface area contributed by atoms with Crippen molar-refractivity contribution < 1.29 is 17.9 Å². The highest BCUT2D eigenvalue weighted by molar-refractivity contribution is 7.94. The largest absolute Gasteiger partial charge is 0.465 e. The Kier molecular flexibility index (Phi) is 3.40. The summed E-state index contributed by atoms with van der Waals surface area (Å²) in [5.74, 6) is -0.480. The molecule has 6 nitrogen and oxygen atoms in total. The minimum atomic E-state index is -3.52. The Morgan fingerprint density at radius 1 is 1.16 bits per heavy atom. The SMILES string of the molecule is CCN1c2ccc(C(=O)OC)cc2N(CC)S1(=O)=O. The lowest BCUT2D eigenvalue weighted by Crippen LogP contribution is -2.37. The third kappa shape index (κ3) is 1.94. The van der Waals surface area contributed by atoms with E-state index in [9.17, 15) is 13.2 Å². The Bertz CT molecular complexity index is 612. The number of carbonyl (C=O) groups excluding carboxylic acids is 1. The summed E-state index contributed by atoms with van der Waals surface area (Å²) in [7, 11) is -2.23. The highest BCUT2D eigenvalue weighted by Crippen LogP contribution is 2.41. The molecular weight excluding hydrogens is 268 g/mol. The maximum Gasteiger partial charge on any atom is 0.337 e. The number of methoxy groups -OCH3 is 1. The van der Waals surface area contributed by atoms with E-state index in [4.69, 9.17) is 0 Å². The van der Waals surface area contributed by atoms with Crippen LogP contribution in [0, 0.1) is 0 Å². The van der Waals surface area contributed by atoms with Gasteiger partial charge >= 0.3 is 16.2 Å². The van der Waals surface area contributed by atoms with Gasteiger partial charge in [-0.15, -0.1) is 0 Å². The molecule has 1 heterocycles. The number of benzene rings is 1. The van der Waals surface area contributed by atoms with Crippen molar-refractivity contribution in [1.82, 2.24) is 0 Å². The van der Waals surface area contributed by atoms with Gasteiger partial charge in [0, 0.05) is 13.1 Å². The van der Waals surface area contributed by atoms with Crippen LogP contribution in [0.2, 0.25) is 0 Å². The van der Waals surface area contributed by atoms with E-state index in [0.717, 1.165) is 0 Å². The molecule has 1 aromatic rings. The van der Waals surface area contributed by atoms with Crippen LogP contribution in [0.25, 0.3) is 0 Å². The number of anilines is 2. The van der Waals surface area contributed by atoms with E-state index < -0.39 is 16.2 Å². The third-order valence-corrected chi connectivity index (χ3v) is 5.09. The fourth-order valence-corrected chi connectivity index (χ4v) is 3.90. The second-order valence-electron chi connectivity index (χ2n) is 4.03. The molecule has 0 atom stereocenters. The lowest BCUT2D eigenvalue weighted by atomic mass is 10.1. The molecule has 0 bridgehead atoms. The molecule has 1 aromatic carbocycles. The molecule has 0 saturated heterocycles. The van der Waals surface area contributed by atoms with Gasteiger partial charge in [-0.1, -0.05) is 0 Å². The Labute approximate surface area is 112 Å². The minimum Gasteiger partial charge on any atom is -0.465 e. The Morgan fingerprint density at radius 2 is 1.74 bits per heavy atom. The molecule has 0 aliphatic carbocycles. The summed E-state index contributed by atoms with van der Waals surface area (Å²) in [5.41, 5.74) is 1.46. The molecule has 7 heteroatoms. The van der Waals surface area contributed by atoms with Gasteiger partial charge in [0.25, 0.3) is 0 Å². The van der Waals surface area contributed by atoms with Crippen molar-refractivity contribution in [2.24, 2.45) is 0 Å². The highest BCUT2D eigenvalue weighted by Gasteiger charge is 2.38. The maximum atomic E-state index is 12.3. The molecule has 1 aliphatic heterocycles. The van der Waals surface area contributed by atoms with Crippen molar-refractivity contribution in [2.45, 2.75) is 13.8 Å². The first-order valence-electron chi connectivity index (χ1n) is 6.00. The smallest absolute Gasteiger partial charge is 0.337 e. The van der Waals surface area contributed by atoms with E-state index in [1.54, 1.807) is 32.0 Å². The zero-order valence-corrected chi connectivity index (χ0v) is 11.9. The van der Waals surface area contributed by atoms with E-state index in [1.165, 1.54) is 15.7 Å². The number of ether oxygens (including phenoxy) is 1. The lowest BCUT2D eigenvalue weighted by molar-refractivity contribution is 0.0601. The van der Waals surface area contributed by atoms with E-state index in [-0.39, 0.29) is 0 Å². The third-order valence-electron chi connectivity index (χ3n) is 3.07. The van der Waals surface area contributed by atoms with Crippen LogP contribution in [0.1, 0.15) is 24.2 Å². The van der Waals surface area contributed by atoms with E-state index >= 15 is 0 Å². The first-order chi connectivity index (χ1) is 8.97. The van der Waals surface area contributed by atoms with Crippen LogP contribution in [0.3, 0.4) is 0 Å². The van der Waals surface area contributed by atoms with Crippen molar-refractivity contribution in [2.75, 3.05) is 28.8 Å². The average Bonchev–Trinajstić information content (AvgIpc) is 2.61. The second kappa shape index (κ2) is 4.73. The van der Waals surface area contributed by atoms with E-state index in [2.05, 4.69) is 4.74 Å². The molecule has 1 aliphatic rings. The predicted octanol–water partition coefficient (Wildman–Crippen LogP) is 1.38. The van der Waals surface area contributed by atoms with Crippen molar-refractivity contribution in [3.63, 3.8) is 0 Å². The average molecular weight is 284 g/mol. The normalized spacial score (nSPS) is 16.4. The first kappa shape index (κ1) is 13.7. The Hall–Kier alpha value is -1.76. The standard InChI is InChI=1S/C12H16N2O4S/c1-4-13-10-7-6-9(12(15)18-3)8-11(10)14(5-2)19(13,16)17/h6-8H,4-5H2,1-3H3. The summed E-state index contributed by atoms with van der Waals surface area (Å²) in [4.78, 5) is 11.5. The van der Waals surface area contributed by atoms with Gasteiger partial charge < -0.3 is 4.74 Å². The second-order valence-corrected chi connectivity index (χ2v) is 5.81. The molecule has 0 spiro atoms. The first-order valence-corrected chi connectivity index (χ1v) is 7.39. The molecule has 0 aromatic heterocycles. The summed E-state index contributed by atoms with van der Waals surface area (Å²) < 4.78 is 31.9. The molecule has 0 amide bonds. The van der Waals surface area contributed by atoms with Crippen molar-refractivity contribution in [3.05, 3.63) is 23.8 Å². The summed E-state index contributed by atoms with van der Waals surface area (Å²) >= 11 is 0. The quantitative estimate of drug-likeness (QED) is 0.787. The van der Waals surface area contributed by atoms with Gasteiger partial charge in [-0.25, -0.2) is 4.79 Å². The fourth-order valence-electron chi connectivity index (χ4n) is 2.21. The van der Waals surface area contributed by atoms with Gasteiger partial charge in [-0.05, 0) is 32.0 Å². The van der Waals surface area contributed by atoms with Crippen LogP contribution in [-0.4, -0.2) is 34.6 Å². The molecule has 104 valence electrons. The van der Waals surface area contributed by atoms with E-state index in [1.807, 2.05) is 0 Å². The predicted molar refractivity (Wildman–Crippen MR) is 72.7 cm³/mol. The van der Waals surface area contributed by atoms with Crippen LogP contribution >= 0.6 is 0 Å². The van der Waals surface area contributed by atoms with Crippen molar-refractivity contribution in [3.8, 4) is 0 Å². The van der Waals surface area contributed by atoms with Crippen LogP contribution in [-0.2, 0) is 14.9 Å². The molecule has 0 fully saturated rings. The van der Waals surface area contributed by atoms with Crippen molar-refractivity contribution >= 4 is 27.6 Å². The van der Waals surface area contributed by atoms with Crippen molar-refractivity contribution in [1.29, 1.82) is 0 Å². The van der Waals surface area contributed by atoms with Gasteiger partial charge in [-0.2, -0.15) is 8.42 Å². The Morgan fingerprint density at radius 3 is 2.26 bits per heavy atom. The number of hydrogen-bond acceptors (Lipinski definition) is 4. The molecular formula is C12H16N2O4S. The number of rotatable bonds is 3. The lowest BCUT2D eigenvalue weighted by Gasteiger charge is -2.18. The number of carbonyl (C=O) groups is 1. The molecule has 19 heavy (non-hydrogen) atoms. The van der Waals surface area contributed by atoms with Crippen LogP contribution < -0.4 is 8.61 Å². The molecule has 0 unspecified atom stereocenters. The van der Waals surface area contributed by atoms with Crippen LogP contribution in [0.5, 0.6) is 0 Å².